The second kappa shape index (κ2) is 9.06. The first-order valence-electron chi connectivity index (χ1n) is 10.4. The Morgan fingerprint density at radius 2 is 1.82 bits per heavy atom. The molecule has 0 amide bonds. The second-order valence-electron chi connectivity index (χ2n) is 8.23. The van der Waals surface area contributed by atoms with Crippen molar-refractivity contribution in [2.24, 2.45) is 11.8 Å². The Morgan fingerprint density at radius 3 is 2.39 bits per heavy atom. The number of benzene rings is 2. The van der Waals surface area contributed by atoms with Crippen LogP contribution in [0.5, 0.6) is 0 Å². The van der Waals surface area contributed by atoms with Gasteiger partial charge in [-0.2, -0.15) is 5.26 Å². The van der Waals surface area contributed by atoms with E-state index in [-0.39, 0.29) is 5.92 Å². The summed E-state index contributed by atoms with van der Waals surface area (Å²) in [5.74, 6) is 0.960. The standard InChI is InChI=1S/C25H29NO2/c1-3-17(2)15-18-7-13-21(14-8-18)24-22(5-4-6-23(24)25(27)28)20-11-9-19(16-26)10-12-20/h4-6,9-12,17-18,21H,3,7-8,13-15H2,1-2H3,(H,27,28). The van der Waals surface area contributed by atoms with Crippen LogP contribution in [0.15, 0.2) is 42.5 Å². The average molecular weight is 376 g/mol. The lowest BCUT2D eigenvalue weighted by Gasteiger charge is -2.32. The van der Waals surface area contributed by atoms with Gasteiger partial charge in [0, 0.05) is 0 Å². The van der Waals surface area contributed by atoms with Crippen molar-refractivity contribution in [3.05, 3.63) is 59.2 Å². The van der Waals surface area contributed by atoms with Gasteiger partial charge in [0.05, 0.1) is 17.2 Å². The minimum absolute atomic E-state index is 0.283. The molecule has 1 unspecified atom stereocenters. The predicted octanol–water partition coefficient (Wildman–Crippen LogP) is 6.63. The molecule has 0 saturated heterocycles. The molecule has 0 spiro atoms. The van der Waals surface area contributed by atoms with Crippen molar-refractivity contribution in [3.8, 4) is 17.2 Å². The Bertz CT molecular complexity index is 855. The van der Waals surface area contributed by atoms with Crippen molar-refractivity contribution in [1.82, 2.24) is 0 Å². The van der Waals surface area contributed by atoms with Gasteiger partial charge in [-0.25, -0.2) is 4.79 Å². The van der Waals surface area contributed by atoms with E-state index < -0.39 is 5.97 Å². The fourth-order valence-corrected chi connectivity index (χ4v) is 4.59. The van der Waals surface area contributed by atoms with E-state index in [9.17, 15) is 9.90 Å². The average Bonchev–Trinajstić information content (AvgIpc) is 2.73. The number of aromatic carboxylic acids is 1. The number of rotatable bonds is 6. The highest BCUT2D eigenvalue weighted by Crippen LogP contribution is 2.43. The number of carboxylic acid groups (broad SMARTS) is 1. The van der Waals surface area contributed by atoms with Gasteiger partial charge in [0.1, 0.15) is 0 Å². The first kappa shape index (κ1) is 20.1. The molecule has 0 bridgehead atoms. The Kier molecular flexibility index (Phi) is 6.52. The summed E-state index contributed by atoms with van der Waals surface area (Å²) in [5, 5.41) is 18.9. The smallest absolute Gasteiger partial charge is 0.335 e. The zero-order valence-corrected chi connectivity index (χ0v) is 16.8. The monoisotopic (exact) mass is 375 g/mol. The topological polar surface area (TPSA) is 61.1 Å². The van der Waals surface area contributed by atoms with Gasteiger partial charge in [-0.15, -0.1) is 0 Å². The number of nitriles is 1. The molecule has 0 aromatic heterocycles. The lowest BCUT2D eigenvalue weighted by molar-refractivity contribution is 0.0694. The van der Waals surface area contributed by atoms with Gasteiger partial charge < -0.3 is 5.11 Å². The molecule has 3 rings (SSSR count). The van der Waals surface area contributed by atoms with Crippen LogP contribution < -0.4 is 0 Å². The van der Waals surface area contributed by atoms with Gasteiger partial charge in [-0.1, -0.05) is 44.5 Å². The quantitative estimate of drug-likeness (QED) is 0.616. The molecule has 3 nitrogen and oxygen atoms in total. The molecular formula is C25H29NO2. The molecule has 2 aromatic carbocycles. The van der Waals surface area contributed by atoms with E-state index in [0.717, 1.165) is 41.4 Å². The van der Waals surface area contributed by atoms with Crippen LogP contribution >= 0.6 is 0 Å². The minimum Gasteiger partial charge on any atom is -0.478 e. The fraction of sp³-hybridized carbons (Fsp3) is 0.440. The highest BCUT2D eigenvalue weighted by Gasteiger charge is 2.28. The Labute approximate surface area is 168 Å². The fourth-order valence-electron chi connectivity index (χ4n) is 4.59. The van der Waals surface area contributed by atoms with Gasteiger partial charge in [0.25, 0.3) is 0 Å². The van der Waals surface area contributed by atoms with Gasteiger partial charge in [-0.05, 0) is 84.7 Å². The van der Waals surface area contributed by atoms with E-state index in [0.29, 0.717) is 11.1 Å². The molecule has 2 aromatic rings. The third-order valence-corrected chi connectivity index (χ3v) is 6.35. The van der Waals surface area contributed by atoms with Crippen molar-refractivity contribution >= 4 is 5.97 Å². The third kappa shape index (κ3) is 4.44. The number of nitrogens with zero attached hydrogens (tertiary/aromatic N) is 1. The zero-order chi connectivity index (χ0) is 20.1. The van der Waals surface area contributed by atoms with E-state index in [1.807, 2.05) is 24.3 Å². The maximum absolute atomic E-state index is 12.0. The van der Waals surface area contributed by atoms with Crippen LogP contribution in [0.4, 0.5) is 0 Å². The molecule has 1 N–H and O–H groups in total. The molecule has 0 radical (unpaired) electrons. The van der Waals surface area contributed by atoms with Crippen LogP contribution in [0, 0.1) is 23.2 Å². The summed E-state index contributed by atoms with van der Waals surface area (Å²) in [5.41, 5.74) is 3.99. The van der Waals surface area contributed by atoms with Gasteiger partial charge in [-0.3, -0.25) is 0 Å². The van der Waals surface area contributed by atoms with Crippen LogP contribution in [-0.2, 0) is 0 Å². The normalized spacial score (nSPS) is 20.3. The summed E-state index contributed by atoms with van der Waals surface area (Å²) >= 11 is 0. The van der Waals surface area contributed by atoms with Crippen LogP contribution in [0.2, 0.25) is 0 Å². The predicted molar refractivity (Wildman–Crippen MR) is 112 cm³/mol. The highest BCUT2D eigenvalue weighted by molar-refractivity contribution is 5.92. The van der Waals surface area contributed by atoms with E-state index in [1.54, 1.807) is 18.2 Å². The summed E-state index contributed by atoms with van der Waals surface area (Å²) in [6.07, 6.45) is 6.96. The lowest BCUT2D eigenvalue weighted by Crippen LogP contribution is -2.18. The summed E-state index contributed by atoms with van der Waals surface area (Å²) < 4.78 is 0. The first-order chi connectivity index (χ1) is 13.5. The first-order valence-corrected chi connectivity index (χ1v) is 10.4. The van der Waals surface area contributed by atoms with Crippen LogP contribution in [0.25, 0.3) is 11.1 Å². The van der Waals surface area contributed by atoms with E-state index in [4.69, 9.17) is 5.26 Å². The van der Waals surface area contributed by atoms with Crippen LogP contribution in [-0.4, -0.2) is 11.1 Å². The van der Waals surface area contributed by atoms with E-state index in [1.165, 1.54) is 25.7 Å². The summed E-state index contributed by atoms with van der Waals surface area (Å²) in [6, 6.07) is 15.2. The Balaban J connectivity index is 1.91. The van der Waals surface area contributed by atoms with Crippen LogP contribution in [0.3, 0.4) is 0 Å². The minimum atomic E-state index is -0.854. The van der Waals surface area contributed by atoms with E-state index >= 15 is 0 Å². The SMILES string of the molecule is CCC(C)CC1CCC(c2c(C(=O)O)cccc2-c2ccc(C#N)cc2)CC1. The third-order valence-electron chi connectivity index (χ3n) is 6.35. The summed E-state index contributed by atoms with van der Waals surface area (Å²) in [7, 11) is 0. The molecular weight excluding hydrogens is 346 g/mol. The summed E-state index contributed by atoms with van der Waals surface area (Å²) in [4.78, 5) is 12.0. The number of carboxylic acids is 1. The summed E-state index contributed by atoms with van der Waals surface area (Å²) in [6.45, 7) is 4.58. The molecule has 1 fully saturated rings. The molecule has 1 saturated carbocycles. The molecule has 0 heterocycles. The van der Waals surface area contributed by atoms with Crippen molar-refractivity contribution in [2.45, 2.75) is 58.3 Å². The van der Waals surface area contributed by atoms with Crippen LogP contribution in [0.1, 0.15) is 79.8 Å². The Morgan fingerprint density at radius 1 is 1.14 bits per heavy atom. The molecule has 146 valence electrons. The number of hydrogen-bond acceptors (Lipinski definition) is 2. The van der Waals surface area contributed by atoms with Crippen molar-refractivity contribution in [1.29, 1.82) is 5.26 Å². The highest BCUT2D eigenvalue weighted by atomic mass is 16.4. The van der Waals surface area contributed by atoms with Crippen molar-refractivity contribution in [3.63, 3.8) is 0 Å². The molecule has 1 aliphatic carbocycles. The number of hydrogen-bond donors (Lipinski definition) is 1. The lowest BCUT2D eigenvalue weighted by atomic mass is 9.73. The van der Waals surface area contributed by atoms with Gasteiger partial charge >= 0.3 is 5.97 Å². The molecule has 3 heteroatoms. The van der Waals surface area contributed by atoms with E-state index in [2.05, 4.69) is 19.9 Å². The molecule has 28 heavy (non-hydrogen) atoms. The number of carbonyl (C=O) groups is 1. The van der Waals surface area contributed by atoms with Gasteiger partial charge in [0.15, 0.2) is 0 Å². The zero-order valence-electron chi connectivity index (χ0n) is 16.8. The molecule has 0 aliphatic heterocycles. The second-order valence-corrected chi connectivity index (χ2v) is 8.23. The molecule has 1 atom stereocenters. The Hall–Kier alpha value is -2.60. The maximum atomic E-state index is 12.0. The largest absolute Gasteiger partial charge is 0.478 e. The van der Waals surface area contributed by atoms with Crippen molar-refractivity contribution < 1.29 is 9.90 Å². The van der Waals surface area contributed by atoms with Gasteiger partial charge in [0.2, 0.25) is 0 Å². The maximum Gasteiger partial charge on any atom is 0.335 e. The van der Waals surface area contributed by atoms with Crippen molar-refractivity contribution in [2.75, 3.05) is 0 Å². The molecule has 1 aliphatic rings.